The number of aliphatic hydroxyl groups is 1. The molecule has 1 atom stereocenters. The fourth-order valence-corrected chi connectivity index (χ4v) is 1.89. The van der Waals surface area contributed by atoms with Gasteiger partial charge in [0.1, 0.15) is 0 Å². The van der Waals surface area contributed by atoms with E-state index in [1.165, 1.54) is 24.3 Å². The van der Waals surface area contributed by atoms with E-state index < -0.39 is 12.5 Å². The Labute approximate surface area is 110 Å². The molecule has 0 aliphatic heterocycles. The van der Waals surface area contributed by atoms with E-state index in [1.807, 2.05) is 13.1 Å². The van der Waals surface area contributed by atoms with Gasteiger partial charge >= 0.3 is 0 Å². The largest absolute Gasteiger partial charge is 0.388 e. The van der Waals surface area contributed by atoms with Crippen molar-refractivity contribution in [2.75, 3.05) is 0 Å². The second kappa shape index (κ2) is 5.93. The Kier molecular flexibility index (Phi) is 4.27. The molecule has 0 aliphatic carbocycles. The summed E-state index contributed by atoms with van der Waals surface area (Å²) in [5, 5.41) is 14.2. The molecule has 3 nitrogen and oxygen atoms in total. The van der Waals surface area contributed by atoms with Crippen LogP contribution in [-0.2, 0) is 13.0 Å². The molecule has 1 unspecified atom stereocenters. The highest BCUT2D eigenvalue weighted by Gasteiger charge is 2.12. The molecule has 0 amide bonds. The van der Waals surface area contributed by atoms with E-state index in [1.54, 1.807) is 10.9 Å². The maximum Gasteiger partial charge on any atom is 0.263 e. The summed E-state index contributed by atoms with van der Waals surface area (Å²) in [4.78, 5) is 0. The van der Waals surface area contributed by atoms with Crippen LogP contribution in [0, 0.1) is 0 Å². The van der Waals surface area contributed by atoms with Gasteiger partial charge in [0.05, 0.1) is 12.3 Å². The first-order chi connectivity index (χ1) is 9.10. The SMILES string of the molecule is CCn1cc(CC(O)c2ccc(C(F)F)cc2)cn1. The van der Waals surface area contributed by atoms with Crippen molar-refractivity contribution in [2.24, 2.45) is 0 Å². The van der Waals surface area contributed by atoms with Gasteiger partial charge in [0.25, 0.3) is 6.43 Å². The highest BCUT2D eigenvalue weighted by atomic mass is 19.3. The van der Waals surface area contributed by atoms with Crippen LogP contribution >= 0.6 is 0 Å². The minimum absolute atomic E-state index is 0.0326. The first-order valence-corrected chi connectivity index (χ1v) is 6.17. The minimum atomic E-state index is -2.48. The molecule has 0 bridgehead atoms. The van der Waals surface area contributed by atoms with E-state index in [-0.39, 0.29) is 5.56 Å². The molecule has 0 aliphatic rings. The average Bonchev–Trinajstić information content (AvgIpc) is 2.86. The van der Waals surface area contributed by atoms with Crippen LogP contribution in [0.15, 0.2) is 36.7 Å². The molecule has 0 radical (unpaired) electrons. The Bertz CT molecular complexity index is 522. The maximum atomic E-state index is 12.4. The fraction of sp³-hybridized carbons (Fsp3) is 0.357. The number of aliphatic hydroxyl groups excluding tert-OH is 1. The monoisotopic (exact) mass is 266 g/mol. The van der Waals surface area contributed by atoms with Gasteiger partial charge in [-0.15, -0.1) is 0 Å². The number of hydrogen-bond donors (Lipinski definition) is 1. The molecule has 1 aromatic heterocycles. The van der Waals surface area contributed by atoms with Gasteiger partial charge in [-0.1, -0.05) is 24.3 Å². The van der Waals surface area contributed by atoms with Crippen LogP contribution in [0.5, 0.6) is 0 Å². The van der Waals surface area contributed by atoms with Gasteiger partial charge in [-0.25, -0.2) is 8.78 Å². The lowest BCUT2D eigenvalue weighted by atomic mass is 10.0. The van der Waals surface area contributed by atoms with Crippen LogP contribution in [0.25, 0.3) is 0 Å². The Morgan fingerprint density at radius 1 is 1.21 bits per heavy atom. The van der Waals surface area contributed by atoms with Crippen molar-refractivity contribution < 1.29 is 13.9 Å². The summed E-state index contributed by atoms with van der Waals surface area (Å²) in [6.07, 6.45) is 0.820. The molecule has 2 aromatic rings. The number of hydrogen-bond acceptors (Lipinski definition) is 2. The maximum absolute atomic E-state index is 12.4. The van der Waals surface area contributed by atoms with Crippen molar-refractivity contribution in [3.63, 3.8) is 0 Å². The van der Waals surface area contributed by atoms with Crippen LogP contribution in [0.2, 0.25) is 0 Å². The lowest BCUT2D eigenvalue weighted by Crippen LogP contribution is -2.01. The van der Waals surface area contributed by atoms with Crippen molar-refractivity contribution in [3.8, 4) is 0 Å². The minimum Gasteiger partial charge on any atom is -0.388 e. The highest BCUT2D eigenvalue weighted by Crippen LogP contribution is 2.23. The number of aromatic nitrogens is 2. The number of aryl methyl sites for hydroxylation is 1. The zero-order valence-corrected chi connectivity index (χ0v) is 10.6. The summed E-state index contributed by atoms with van der Waals surface area (Å²) in [6, 6.07) is 5.77. The first kappa shape index (κ1) is 13.7. The third kappa shape index (κ3) is 3.38. The third-order valence-electron chi connectivity index (χ3n) is 3.01. The summed E-state index contributed by atoms with van der Waals surface area (Å²) >= 11 is 0. The van der Waals surface area contributed by atoms with Crippen molar-refractivity contribution in [2.45, 2.75) is 32.4 Å². The fourth-order valence-electron chi connectivity index (χ4n) is 1.89. The van der Waals surface area contributed by atoms with Gasteiger partial charge in [-0.05, 0) is 18.1 Å². The van der Waals surface area contributed by atoms with E-state index in [0.29, 0.717) is 12.0 Å². The van der Waals surface area contributed by atoms with Crippen LogP contribution in [0.3, 0.4) is 0 Å². The molecular weight excluding hydrogens is 250 g/mol. The van der Waals surface area contributed by atoms with Gasteiger partial charge in [0, 0.05) is 24.7 Å². The summed E-state index contributed by atoms with van der Waals surface area (Å²) in [7, 11) is 0. The molecular formula is C14H16F2N2O. The normalized spacial score (nSPS) is 12.9. The molecule has 19 heavy (non-hydrogen) atoms. The first-order valence-electron chi connectivity index (χ1n) is 6.17. The smallest absolute Gasteiger partial charge is 0.263 e. The number of halogens is 2. The summed E-state index contributed by atoms with van der Waals surface area (Å²) in [6.45, 7) is 2.76. The summed E-state index contributed by atoms with van der Waals surface area (Å²) in [5.41, 5.74) is 1.52. The zero-order chi connectivity index (χ0) is 13.8. The summed E-state index contributed by atoms with van der Waals surface area (Å²) < 4.78 is 26.6. The van der Waals surface area contributed by atoms with Crippen LogP contribution in [0.1, 0.15) is 36.1 Å². The molecule has 1 aromatic carbocycles. The second-order valence-corrected chi connectivity index (χ2v) is 4.39. The average molecular weight is 266 g/mol. The highest BCUT2D eigenvalue weighted by molar-refractivity contribution is 5.26. The lowest BCUT2D eigenvalue weighted by Gasteiger charge is -2.10. The zero-order valence-electron chi connectivity index (χ0n) is 10.6. The van der Waals surface area contributed by atoms with Crippen molar-refractivity contribution in [1.29, 1.82) is 0 Å². The van der Waals surface area contributed by atoms with E-state index in [0.717, 1.165) is 12.1 Å². The predicted molar refractivity (Wildman–Crippen MR) is 68.0 cm³/mol. The second-order valence-electron chi connectivity index (χ2n) is 4.39. The molecule has 0 saturated heterocycles. The molecule has 2 rings (SSSR count). The van der Waals surface area contributed by atoms with Crippen molar-refractivity contribution in [3.05, 3.63) is 53.3 Å². The Morgan fingerprint density at radius 2 is 1.84 bits per heavy atom. The third-order valence-corrected chi connectivity index (χ3v) is 3.01. The predicted octanol–water partition coefficient (Wildman–Crippen LogP) is 3.12. The lowest BCUT2D eigenvalue weighted by molar-refractivity contribution is 0.151. The van der Waals surface area contributed by atoms with Crippen molar-refractivity contribution >= 4 is 0 Å². The Balaban J connectivity index is 2.04. The molecule has 0 saturated carbocycles. The van der Waals surface area contributed by atoms with E-state index >= 15 is 0 Å². The standard InChI is InChI=1S/C14H16F2N2O/c1-2-18-9-10(8-17-18)7-13(19)11-3-5-12(6-4-11)14(15)16/h3-6,8-9,13-14,19H,2,7H2,1H3. The topological polar surface area (TPSA) is 38.0 Å². The molecule has 1 heterocycles. The van der Waals surface area contributed by atoms with E-state index in [4.69, 9.17) is 0 Å². The molecule has 0 spiro atoms. The number of alkyl halides is 2. The van der Waals surface area contributed by atoms with E-state index in [9.17, 15) is 13.9 Å². The molecule has 0 fully saturated rings. The van der Waals surface area contributed by atoms with Gasteiger partial charge in [0.2, 0.25) is 0 Å². The summed E-state index contributed by atoms with van der Waals surface area (Å²) in [5.74, 6) is 0. The van der Waals surface area contributed by atoms with Crippen LogP contribution in [-0.4, -0.2) is 14.9 Å². The number of rotatable bonds is 5. The van der Waals surface area contributed by atoms with Gasteiger partial charge in [0.15, 0.2) is 0 Å². The van der Waals surface area contributed by atoms with Crippen LogP contribution < -0.4 is 0 Å². The van der Waals surface area contributed by atoms with Gasteiger partial charge in [-0.2, -0.15) is 5.10 Å². The molecule has 5 heteroatoms. The van der Waals surface area contributed by atoms with Gasteiger partial charge < -0.3 is 5.11 Å². The Hall–Kier alpha value is -1.75. The number of nitrogens with zero attached hydrogens (tertiary/aromatic N) is 2. The Morgan fingerprint density at radius 3 is 2.37 bits per heavy atom. The quantitative estimate of drug-likeness (QED) is 0.903. The van der Waals surface area contributed by atoms with Gasteiger partial charge in [-0.3, -0.25) is 4.68 Å². The molecule has 102 valence electrons. The number of benzene rings is 1. The van der Waals surface area contributed by atoms with Crippen molar-refractivity contribution in [1.82, 2.24) is 9.78 Å². The molecule has 1 N–H and O–H groups in total. The van der Waals surface area contributed by atoms with Crippen LogP contribution in [0.4, 0.5) is 8.78 Å². The van der Waals surface area contributed by atoms with E-state index in [2.05, 4.69) is 5.10 Å².